The second-order valence-electron chi connectivity index (χ2n) is 4.03. The zero-order valence-electron chi connectivity index (χ0n) is 10.4. The van der Waals surface area contributed by atoms with Gasteiger partial charge in [-0.3, -0.25) is 4.79 Å². The molecule has 2 rings (SSSR count). The maximum absolute atomic E-state index is 13.5. The van der Waals surface area contributed by atoms with Gasteiger partial charge in [-0.1, -0.05) is 11.6 Å². The molecule has 0 aliphatic carbocycles. The summed E-state index contributed by atoms with van der Waals surface area (Å²) in [6.45, 7) is -0.231. The number of carbonyl (C=O) groups excluding carboxylic acids is 1. The van der Waals surface area contributed by atoms with E-state index in [1.54, 1.807) is 24.3 Å². The highest BCUT2D eigenvalue weighted by Crippen LogP contribution is 2.17. The highest BCUT2D eigenvalue weighted by molar-refractivity contribution is 6.30. The Hall–Kier alpha value is -2.27. The van der Waals surface area contributed by atoms with Crippen molar-refractivity contribution in [2.24, 2.45) is 0 Å². The zero-order valence-corrected chi connectivity index (χ0v) is 11.2. The Morgan fingerprint density at radius 1 is 1.25 bits per heavy atom. The number of rotatable bonds is 4. The number of nitrogen functional groups attached to an aromatic ring is 1. The van der Waals surface area contributed by atoms with Crippen LogP contribution in [0.15, 0.2) is 42.5 Å². The summed E-state index contributed by atoms with van der Waals surface area (Å²) in [6.07, 6.45) is 0. The molecule has 0 unspecified atom stereocenters. The van der Waals surface area contributed by atoms with Gasteiger partial charge in [-0.25, -0.2) is 4.39 Å². The Kier molecular flexibility index (Phi) is 4.42. The lowest BCUT2D eigenvalue weighted by atomic mass is 10.2. The molecular formula is C14H12ClFN2O2. The lowest BCUT2D eigenvalue weighted by Crippen LogP contribution is -2.20. The molecule has 0 bridgehead atoms. The molecule has 104 valence electrons. The van der Waals surface area contributed by atoms with Gasteiger partial charge in [-0.2, -0.15) is 0 Å². The Morgan fingerprint density at radius 3 is 2.60 bits per heavy atom. The standard InChI is InChI=1S/C14H12ClFN2O2/c15-9-1-4-11(5-2-9)20-8-14(19)18-13-6-3-10(17)7-12(13)16/h1-7H,8,17H2,(H,18,19). The van der Waals surface area contributed by atoms with Crippen molar-refractivity contribution in [2.45, 2.75) is 0 Å². The third-order valence-corrected chi connectivity index (χ3v) is 2.70. The van der Waals surface area contributed by atoms with E-state index in [-0.39, 0.29) is 18.0 Å². The highest BCUT2D eigenvalue weighted by Gasteiger charge is 2.08. The number of amides is 1. The van der Waals surface area contributed by atoms with Crippen LogP contribution >= 0.6 is 11.6 Å². The Bertz CT molecular complexity index is 617. The molecule has 1 amide bonds. The van der Waals surface area contributed by atoms with Crippen LogP contribution in [0.25, 0.3) is 0 Å². The molecule has 0 aliphatic rings. The first-order valence-electron chi connectivity index (χ1n) is 5.78. The zero-order chi connectivity index (χ0) is 14.5. The first-order chi connectivity index (χ1) is 9.54. The van der Waals surface area contributed by atoms with Crippen molar-refractivity contribution < 1.29 is 13.9 Å². The molecule has 4 nitrogen and oxygen atoms in total. The number of anilines is 2. The van der Waals surface area contributed by atoms with Gasteiger partial charge in [0, 0.05) is 10.7 Å². The first-order valence-corrected chi connectivity index (χ1v) is 6.15. The molecule has 0 radical (unpaired) electrons. The van der Waals surface area contributed by atoms with Crippen LogP contribution in [0.2, 0.25) is 5.02 Å². The highest BCUT2D eigenvalue weighted by atomic mass is 35.5. The van der Waals surface area contributed by atoms with Gasteiger partial charge in [-0.05, 0) is 42.5 Å². The van der Waals surface area contributed by atoms with Crippen LogP contribution in [0.3, 0.4) is 0 Å². The van der Waals surface area contributed by atoms with Crippen LogP contribution in [-0.2, 0) is 4.79 Å². The number of hydrogen-bond acceptors (Lipinski definition) is 3. The summed E-state index contributed by atoms with van der Waals surface area (Å²) in [4.78, 5) is 11.6. The second-order valence-corrected chi connectivity index (χ2v) is 4.47. The quantitative estimate of drug-likeness (QED) is 0.852. The molecular weight excluding hydrogens is 283 g/mol. The fraction of sp³-hybridized carbons (Fsp3) is 0.0714. The fourth-order valence-corrected chi connectivity index (χ4v) is 1.62. The topological polar surface area (TPSA) is 64.3 Å². The molecule has 0 saturated carbocycles. The number of carbonyl (C=O) groups is 1. The Balaban J connectivity index is 1.90. The molecule has 0 aromatic heterocycles. The molecule has 0 aliphatic heterocycles. The van der Waals surface area contributed by atoms with Crippen LogP contribution in [0.5, 0.6) is 5.75 Å². The summed E-state index contributed by atoms with van der Waals surface area (Å²) in [7, 11) is 0. The summed E-state index contributed by atoms with van der Waals surface area (Å²) < 4.78 is 18.7. The molecule has 3 N–H and O–H groups in total. The van der Waals surface area contributed by atoms with Gasteiger partial charge in [0.05, 0.1) is 5.69 Å². The SMILES string of the molecule is Nc1ccc(NC(=O)COc2ccc(Cl)cc2)c(F)c1. The van der Waals surface area contributed by atoms with Crippen molar-refractivity contribution in [3.05, 3.63) is 53.3 Å². The third-order valence-electron chi connectivity index (χ3n) is 2.45. The number of nitrogens with two attached hydrogens (primary N) is 1. The van der Waals surface area contributed by atoms with Crippen molar-refractivity contribution in [2.75, 3.05) is 17.7 Å². The lowest BCUT2D eigenvalue weighted by molar-refractivity contribution is -0.118. The fourth-order valence-electron chi connectivity index (χ4n) is 1.50. The average Bonchev–Trinajstić information content (AvgIpc) is 2.41. The molecule has 0 saturated heterocycles. The van der Waals surface area contributed by atoms with E-state index in [2.05, 4.69) is 5.32 Å². The van der Waals surface area contributed by atoms with Gasteiger partial charge < -0.3 is 15.8 Å². The van der Waals surface area contributed by atoms with E-state index in [0.717, 1.165) is 6.07 Å². The van der Waals surface area contributed by atoms with E-state index in [1.807, 2.05) is 0 Å². The van der Waals surface area contributed by atoms with Crippen molar-refractivity contribution >= 4 is 28.9 Å². The molecule has 0 atom stereocenters. The van der Waals surface area contributed by atoms with E-state index in [9.17, 15) is 9.18 Å². The average molecular weight is 295 g/mol. The van der Waals surface area contributed by atoms with E-state index in [1.165, 1.54) is 12.1 Å². The Labute approximate surface area is 120 Å². The minimum atomic E-state index is -0.593. The molecule has 0 heterocycles. The molecule has 20 heavy (non-hydrogen) atoms. The molecule has 0 spiro atoms. The van der Waals surface area contributed by atoms with Crippen LogP contribution in [0.4, 0.5) is 15.8 Å². The molecule has 6 heteroatoms. The summed E-state index contributed by atoms with van der Waals surface area (Å²) in [5.74, 6) is -0.559. The molecule has 2 aromatic rings. The maximum atomic E-state index is 13.5. The van der Waals surface area contributed by atoms with Gasteiger partial charge in [0.15, 0.2) is 6.61 Å². The van der Waals surface area contributed by atoms with Gasteiger partial charge in [-0.15, -0.1) is 0 Å². The second kappa shape index (κ2) is 6.25. The van der Waals surface area contributed by atoms with Gasteiger partial charge in [0.1, 0.15) is 11.6 Å². The first kappa shape index (κ1) is 14.1. The maximum Gasteiger partial charge on any atom is 0.262 e. The van der Waals surface area contributed by atoms with Crippen LogP contribution in [-0.4, -0.2) is 12.5 Å². The van der Waals surface area contributed by atoms with E-state index in [4.69, 9.17) is 22.1 Å². The number of ether oxygens (including phenoxy) is 1. The van der Waals surface area contributed by atoms with E-state index < -0.39 is 11.7 Å². The number of benzene rings is 2. The smallest absolute Gasteiger partial charge is 0.262 e. The monoisotopic (exact) mass is 294 g/mol. The van der Waals surface area contributed by atoms with Crippen molar-refractivity contribution in [3.63, 3.8) is 0 Å². The van der Waals surface area contributed by atoms with Gasteiger partial charge in [0.2, 0.25) is 0 Å². The summed E-state index contributed by atoms with van der Waals surface area (Å²) in [5.41, 5.74) is 5.77. The summed E-state index contributed by atoms with van der Waals surface area (Å²) >= 11 is 5.73. The molecule has 2 aromatic carbocycles. The van der Waals surface area contributed by atoms with Crippen LogP contribution in [0, 0.1) is 5.82 Å². The normalized spacial score (nSPS) is 10.1. The largest absolute Gasteiger partial charge is 0.484 e. The van der Waals surface area contributed by atoms with Crippen molar-refractivity contribution in [1.82, 2.24) is 0 Å². The van der Waals surface area contributed by atoms with Crippen LogP contribution < -0.4 is 15.8 Å². The summed E-state index contributed by atoms with van der Waals surface area (Å²) in [6, 6.07) is 10.6. The third kappa shape index (κ3) is 3.86. The molecule has 0 fully saturated rings. The number of nitrogens with one attached hydrogen (secondary N) is 1. The van der Waals surface area contributed by atoms with Crippen molar-refractivity contribution in [3.8, 4) is 5.75 Å². The van der Waals surface area contributed by atoms with E-state index in [0.29, 0.717) is 10.8 Å². The van der Waals surface area contributed by atoms with E-state index >= 15 is 0 Å². The summed E-state index contributed by atoms with van der Waals surface area (Å²) in [5, 5.41) is 2.97. The minimum absolute atomic E-state index is 0.0592. The van der Waals surface area contributed by atoms with Crippen LogP contribution in [0.1, 0.15) is 0 Å². The lowest BCUT2D eigenvalue weighted by Gasteiger charge is -2.08. The predicted octanol–water partition coefficient (Wildman–Crippen LogP) is 3.08. The van der Waals surface area contributed by atoms with Gasteiger partial charge in [0.25, 0.3) is 5.91 Å². The van der Waals surface area contributed by atoms with Gasteiger partial charge >= 0.3 is 0 Å². The predicted molar refractivity (Wildman–Crippen MR) is 76.4 cm³/mol. The van der Waals surface area contributed by atoms with Crippen molar-refractivity contribution in [1.29, 1.82) is 0 Å². The minimum Gasteiger partial charge on any atom is -0.484 e. The Morgan fingerprint density at radius 2 is 1.95 bits per heavy atom. The number of halogens is 2. The number of hydrogen-bond donors (Lipinski definition) is 2.